The van der Waals surface area contributed by atoms with E-state index in [2.05, 4.69) is 0 Å². The molecule has 0 radical (unpaired) electrons. The molecule has 0 aliphatic carbocycles. The third-order valence-electron chi connectivity index (χ3n) is 1.00. The molecule has 0 bridgehead atoms. The normalized spacial score (nSPS) is 12.0. The monoisotopic (exact) mass is 304 g/mol. The second-order valence-corrected chi connectivity index (χ2v) is 10.8. The summed E-state index contributed by atoms with van der Waals surface area (Å²) in [6, 6.07) is 0. The molecule has 0 heterocycles. The van der Waals surface area contributed by atoms with E-state index in [4.69, 9.17) is 11.4 Å². The van der Waals surface area contributed by atoms with Crippen LogP contribution in [-0.4, -0.2) is 28.4 Å². The van der Waals surface area contributed by atoms with E-state index in [1.165, 1.54) is 28.4 Å². The van der Waals surface area contributed by atoms with Crippen molar-refractivity contribution in [2.45, 2.75) is 0 Å². The number of rotatable bonds is 4. The Bertz CT molecular complexity index is 55.5. The molecular weight excluding hydrogens is 291 g/mol. The van der Waals surface area contributed by atoms with Gasteiger partial charge in [-0.05, 0) is 0 Å². The first-order valence-corrected chi connectivity index (χ1v) is 8.32. The van der Waals surface area contributed by atoms with Crippen LogP contribution in [0.2, 0.25) is 0 Å². The van der Waals surface area contributed by atoms with E-state index in [9.17, 15) is 0 Å². The summed E-state index contributed by atoms with van der Waals surface area (Å²) < 4.78 is 19.8. The van der Waals surface area contributed by atoms with Gasteiger partial charge in [-0.1, -0.05) is 0 Å². The van der Waals surface area contributed by atoms with Crippen LogP contribution < -0.4 is 0 Å². The van der Waals surface area contributed by atoms with Crippen molar-refractivity contribution in [2.75, 3.05) is 28.4 Å². The van der Waals surface area contributed by atoms with Gasteiger partial charge in [-0.2, -0.15) is 0 Å². The first-order valence-electron chi connectivity index (χ1n) is 2.45. The number of hydrogen-bond donors (Lipinski definition) is 0. The molecule has 0 unspecified atom stereocenters. The van der Waals surface area contributed by atoms with Gasteiger partial charge in [-0.25, -0.2) is 0 Å². The molecule has 56 valence electrons. The standard InChI is InChI=1S/4CH3O.Hf/c4*1-2;/h4*1H3;/q4*-1;+4. The van der Waals surface area contributed by atoms with E-state index in [0.29, 0.717) is 0 Å². The summed E-state index contributed by atoms with van der Waals surface area (Å²) in [7, 11) is 6.10. The van der Waals surface area contributed by atoms with Crippen molar-refractivity contribution < 1.29 is 33.1 Å². The minimum absolute atomic E-state index is 1.53. The first-order chi connectivity index (χ1) is 4.24. The Hall–Kier alpha value is 0.710. The SMILES string of the molecule is C[O][Hf]([O]C)([O]C)[O]C. The predicted molar refractivity (Wildman–Crippen MR) is 28.0 cm³/mol. The number of hydrogen-bond acceptors (Lipinski definition) is 4. The van der Waals surface area contributed by atoms with Crippen LogP contribution in [0.15, 0.2) is 0 Å². The van der Waals surface area contributed by atoms with Gasteiger partial charge in [-0.15, -0.1) is 0 Å². The van der Waals surface area contributed by atoms with E-state index in [1.807, 2.05) is 0 Å². The molecule has 0 aliphatic heterocycles. The summed E-state index contributed by atoms with van der Waals surface area (Å²) in [5, 5.41) is 0. The van der Waals surface area contributed by atoms with Crippen LogP contribution in [-0.2, 0) is 33.1 Å². The Labute approximate surface area is 61.8 Å². The zero-order valence-corrected chi connectivity index (χ0v) is 9.73. The third kappa shape index (κ3) is 2.43. The summed E-state index contributed by atoms with van der Waals surface area (Å²) in [5.74, 6) is 0. The summed E-state index contributed by atoms with van der Waals surface area (Å²) in [4.78, 5) is 0. The van der Waals surface area contributed by atoms with Crippen LogP contribution in [0.5, 0.6) is 0 Å². The molecule has 0 aromatic rings. The van der Waals surface area contributed by atoms with Gasteiger partial charge in [0.1, 0.15) is 0 Å². The molecule has 5 heteroatoms. The van der Waals surface area contributed by atoms with Gasteiger partial charge in [0, 0.05) is 0 Å². The molecule has 0 saturated heterocycles. The van der Waals surface area contributed by atoms with E-state index in [1.54, 1.807) is 0 Å². The van der Waals surface area contributed by atoms with Crippen LogP contribution in [0.1, 0.15) is 0 Å². The Morgan fingerprint density at radius 1 is 0.667 bits per heavy atom. The average molecular weight is 303 g/mol. The second kappa shape index (κ2) is 4.51. The maximum absolute atomic E-state index is 4.94. The fourth-order valence-corrected chi connectivity index (χ4v) is 4.09. The fraction of sp³-hybridized carbons (Fsp3) is 1.00. The van der Waals surface area contributed by atoms with Gasteiger partial charge in [0.25, 0.3) is 0 Å². The van der Waals surface area contributed by atoms with Gasteiger partial charge in [-0.3, -0.25) is 0 Å². The van der Waals surface area contributed by atoms with Crippen molar-refractivity contribution in [1.29, 1.82) is 0 Å². The molecule has 4 nitrogen and oxygen atoms in total. The van der Waals surface area contributed by atoms with Gasteiger partial charge in [0.2, 0.25) is 0 Å². The molecule has 0 saturated carbocycles. The molecule has 0 spiro atoms. The van der Waals surface area contributed by atoms with Crippen molar-refractivity contribution in [3.8, 4) is 0 Å². The summed E-state index contributed by atoms with van der Waals surface area (Å²) in [6.07, 6.45) is 0. The average Bonchev–Trinajstić information content (AvgIpc) is 1.95. The van der Waals surface area contributed by atoms with Crippen molar-refractivity contribution >= 4 is 0 Å². The van der Waals surface area contributed by atoms with Crippen molar-refractivity contribution in [3.63, 3.8) is 0 Å². The molecule has 0 rings (SSSR count). The van der Waals surface area contributed by atoms with E-state index in [-0.39, 0.29) is 0 Å². The minimum atomic E-state index is -3.51. The summed E-state index contributed by atoms with van der Waals surface area (Å²) in [6.45, 7) is 0. The molecular formula is C4H12HfO4. The third-order valence-corrected chi connectivity index (χ3v) is 8.19. The maximum atomic E-state index is 4.94. The van der Waals surface area contributed by atoms with Crippen LogP contribution >= 0.6 is 0 Å². The molecule has 0 amide bonds. The van der Waals surface area contributed by atoms with Crippen molar-refractivity contribution in [2.24, 2.45) is 0 Å². The van der Waals surface area contributed by atoms with Crippen LogP contribution in [0, 0.1) is 0 Å². The topological polar surface area (TPSA) is 36.9 Å². The molecule has 0 aromatic carbocycles. The molecule has 0 N–H and O–H groups in total. The van der Waals surface area contributed by atoms with Gasteiger partial charge >= 0.3 is 61.6 Å². The predicted octanol–water partition coefficient (Wildman–Crippen LogP) is 0.386. The van der Waals surface area contributed by atoms with E-state index in [0.717, 1.165) is 0 Å². The fourth-order valence-electron chi connectivity index (χ4n) is 0.500. The second-order valence-electron chi connectivity index (χ2n) is 1.32. The van der Waals surface area contributed by atoms with E-state index >= 15 is 0 Å². The molecule has 0 fully saturated rings. The molecule has 0 atom stereocenters. The summed E-state index contributed by atoms with van der Waals surface area (Å²) in [5.41, 5.74) is 0. The molecule has 9 heavy (non-hydrogen) atoms. The van der Waals surface area contributed by atoms with E-state index < -0.39 is 21.7 Å². The van der Waals surface area contributed by atoms with Crippen LogP contribution in [0.25, 0.3) is 0 Å². The zero-order valence-electron chi connectivity index (χ0n) is 6.13. The quantitative estimate of drug-likeness (QED) is 0.704. The Balaban J connectivity index is 3.82. The van der Waals surface area contributed by atoms with Crippen molar-refractivity contribution in [1.82, 2.24) is 0 Å². The van der Waals surface area contributed by atoms with Crippen molar-refractivity contribution in [3.05, 3.63) is 0 Å². The Kier molecular flexibility index (Phi) is 4.87. The Morgan fingerprint density at radius 2 is 0.889 bits per heavy atom. The van der Waals surface area contributed by atoms with Gasteiger partial charge in [0.05, 0.1) is 0 Å². The van der Waals surface area contributed by atoms with Gasteiger partial charge < -0.3 is 0 Å². The zero-order chi connectivity index (χ0) is 7.33. The summed E-state index contributed by atoms with van der Waals surface area (Å²) >= 11 is -3.51. The van der Waals surface area contributed by atoms with Gasteiger partial charge in [0.15, 0.2) is 0 Å². The molecule has 0 aliphatic rings. The Morgan fingerprint density at radius 3 is 0.889 bits per heavy atom. The first kappa shape index (κ1) is 9.71. The van der Waals surface area contributed by atoms with Crippen LogP contribution in [0.3, 0.4) is 0 Å². The van der Waals surface area contributed by atoms with Crippen LogP contribution in [0.4, 0.5) is 0 Å². The molecule has 0 aromatic heterocycles.